The van der Waals surface area contributed by atoms with Crippen LogP contribution in [0.2, 0.25) is 0 Å². The van der Waals surface area contributed by atoms with Crippen LogP contribution in [0.5, 0.6) is 0 Å². The van der Waals surface area contributed by atoms with E-state index in [0.717, 1.165) is 45.6 Å². The maximum atomic E-state index is 6.98. The molecule has 3 saturated heterocycles. The highest BCUT2D eigenvalue weighted by Crippen LogP contribution is 2.44. The maximum Gasteiger partial charge on any atom is 0.0823 e. The average molecular weight is 656 g/mol. The van der Waals surface area contributed by atoms with E-state index in [1.54, 1.807) is 0 Å². The fourth-order valence-electron chi connectivity index (χ4n) is 9.32. The van der Waals surface area contributed by atoms with Crippen LogP contribution < -0.4 is 0 Å². The van der Waals surface area contributed by atoms with Crippen molar-refractivity contribution >= 4 is 11.8 Å². The van der Waals surface area contributed by atoms with Gasteiger partial charge in [-0.25, -0.2) is 20.0 Å². The van der Waals surface area contributed by atoms with Crippen molar-refractivity contribution in [1.29, 1.82) is 0 Å². The van der Waals surface area contributed by atoms with Crippen molar-refractivity contribution in [2.75, 3.05) is 33.2 Å². The summed E-state index contributed by atoms with van der Waals surface area (Å²) in [6, 6.07) is 0. The molecule has 3 aliphatic heterocycles. The summed E-state index contributed by atoms with van der Waals surface area (Å²) >= 11 is 6.98. The van der Waals surface area contributed by atoms with Gasteiger partial charge in [-0.3, -0.25) is 0 Å². The van der Waals surface area contributed by atoms with Gasteiger partial charge in [0.15, 0.2) is 0 Å². The molecule has 0 saturated carbocycles. The van der Waals surface area contributed by atoms with Crippen LogP contribution in [0.3, 0.4) is 0 Å². The molecule has 3 fully saturated rings. The molecule has 0 bridgehead atoms. The molecule has 0 amide bonds. The Hall–Kier alpha value is 0.01000. The van der Waals surface area contributed by atoms with Gasteiger partial charge in [0.2, 0.25) is 0 Å². The zero-order valence-corrected chi connectivity index (χ0v) is 32.2. The summed E-state index contributed by atoms with van der Waals surface area (Å²) in [6.45, 7) is 27.8. The smallest absolute Gasteiger partial charge is 0.0823 e. The second kappa shape index (κ2) is 17.6. The van der Waals surface area contributed by atoms with Crippen LogP contribution in [-0.2, 0) is 9.47 Å². The van der Waals surface area contributed by atoms with E-state index in [4.69, 9.17) is 21.3 Å². The van der Waals surface area contributed by atoms with Gasteiger partial charge in [-0.1, -0.05) is 78.1 Å². The minimum Gasteiger partial charge on any atom is -0.378 e. The summed E-state index contributed by atoms with van der Waals surface area (Å²) in [6.07, 6.45) is 20.4. The lowest BCUT2D eigenvalue weighted by Gasteiger charge is -2.64. The number of hydrazine groups is 2. The standard InChI is InChI=1S/C37H74ClN5O2/c1-11-13-15-17-19-21-23-44-32-25-34(3,4)42(35(5,6)26-32)40-29-39(38)30-41(31-40)43-36(7,8)27-33(28-37(43,9)10)45-24-22-20-18-16-14-12-2/h32-33H,11-31H2,1-10H3. The molecule has 0 atom stereocenters. The number of nitrogens with zero attached hydrogens (tertiary/aromatic N) is 5. The third kappa shape index (κ3) is 11.5. The van der Waals surface area contributed by atoms with Crippen LogP contribution in [-0.4, -0.2) is 92.0 Å². The Morgan fingerprint density at radius 3 is 1.13 bits per heavy atom. The van der Waals surface area contributed by atoms with Crippen molar-refractivity contribution in [2.24, 2.45) is 0 Å². The van der Waals surface area contributed by atoms with E-state index in [2.05, 4.69) is 89.3 Å². The molecule has 3 aliphatic rings. The largest absolute Gasteiger partial charge is 0.378 e. The van der Waals surface area contributed by atoms with Gasteiger partial charge in [0, 0.05) is 35.4 Å². The zero-order valence-electron chi connectivity index (χ0n) is 31.4. The van der Waals surface area contributed by atoms with E-state index in [9.17, 15) is 0 Å². The van der Waals surface area contributed by atoms with E-state index < -0.39 is 0 Å². The number of ether oxygens (including phenoxy) is 2. The minimum atomic E-state index is -0.0450. The van der Waals surface area contributed by atoms with Gasteiger partial charge < -0.3 is 9.47 Å². The monoisotopic (exact) mass is 656 g/mol. The van der Waals surface area contributed by atoms with E-state index in [0.29, 0.717) is 25.5 Å². The summed E-state index contributed by atoms with van der Waals surface area (Å²) in [4.78, 5) is 0. The Morgan fingerprint density at radius 2 is 0.800 bits per heavy atom. The van der Waals surface area contributed by atoms with Crippen molar-refractivity contribution in [3.05, 3.63) is 0 Å². The van der Waals surface area contributed by atoms with Gasteiger partial charge in [0.25, 0.3) is 0 Å². The molecular weight excluding hydrogens is 582 g/mol. The average Bonchev–Trinajstić information content (AvgIpc) is 2.89. The van der Waals surface area contributed by atoms with Crippen molar-refractivity contribution in [3.63, 3.8) is 0 Å². The molecular formula is C37H74ClN5O2. The molecule has 0 aliphatic carbocycles. The van der Waals surface area contributed by atoms with Gasteiger partial charge in [0.1, 0.15) is 0 Å². The molecule has 45 heavy (non-hydrogen) atoms. The molecule has 0 N–H and O–H groups in total. The predicted octanol–water partition coefficient (Wildman–Crippen LogP) is 9.56. The molecule has 0 radical (unpaired) electrons. The van der Waals surface area contributed by atoms with Gasteiger partial charge >= 0.3 is 0 Å². The van der Waals surface area contributed by atoms with Crippen molar-refractivity contribution in [3.8, 4) is 0 Å². The number of halogens is 1. The lowest BCUT2D eigenvalue weighted by Crippen LogP contribution is -2.76. The SMILES string of the molecule is CCCCCCCCOC1CC(C)(C)N(N2CN(Cl)CN(N3C(C)(C)CC(OCCCCCCCC)CC3(C)C)C2)C(C)(C)C1. The Morgan fingerprint density at radius 1 is 0.489 bits per heavy atom. The van der Waals surface area contributed by atoms with E-state index in [1.807, 2.05) is 4.42 Å². The van der Waals surface area contributed by atoms with Crippen LogP contribution in [0, 0.1) is 0 Å². The molecule has 0 aromatic carbocycles. The highest BCUT2D eigenvalue weighted by molar-refractivity contribution is 6.13. The Labute approximate surface area is 284 Å². The van der Waals surface area contributed by atoms with E-state index in [-0.39, 0.29) is 22.2 Å². The van der Waals surface area contributed by atoms with Crippen LogP contribution in [0.4, 0.5) is 0 Å². The summed E-state index contributed by atoms with van der Waals surface area (Å²) in [5.74, 6) is 0. The highest BCUT2D eigenvalue weighted by Gasteiger charge is 2.53. The number of hydrogen-bond donors (Lipinski definition) is 0. The zero-order chi connectivity index (χ0) is 33.3. The minimum absolute atomic E-state index is 0.0450. The number of rotatable bonds is 18. The third-order valence-corrected chi connectivity index (χ3v) is 10.6. The van der Waals surface area contributed by atoms with Gasteiger partial charge in [-0.2, -0.15) is 4.42 Å². The van der Waals surface area contributed by atoms with Gasteiger partial charge in [-0.15, -0.1) is 0 Å². The fraction of sp³-hybridized carbons (Fsp3) is 1.00. The third-order valence-electron chi connectivity index (χ3n) is 10.4. The lowest BCUT2D eigenvalue weighted by molar-refractivity contribution is -0.298. The Bertz CT molecular complexity index is 751. The van der Waals surface area contributed by atoms with Gasteiger partial charge in [-0.05, 0) is 106 Å². The fourth-order valence-corrected chi connectivity index (χ4v) is 9.57. The second-order valence-corrected chi connectivity index (χ2v) is 17.6. The maximum absolute atomic E-state index is 6.98. The van der Waals surface area contributed by atoms with E-state index >= 15 is 0 Å². The molecule has 0 unspecified atom stereocenters. The normalized spacial score (nSPS) is 25.7. The Kier molecular flexibility index (Phi) is 15.4. The predicted molar refractivity (Wildman–Crippen MR) is 191 cm³/mol. The van der Waals surface area contributed by atoms with Crippen LogP contribution in [0.15, 0.2) is 0 Å². The van der Waals surface area contributed by atoms with E-state index in [1.165, 1.54) is 77.0 Å². The molecule has 0 aromatic rings. The number of piperidine rings is 2. The topological polar surface area (TPSA) is 34.7 Å². The first-order valence-electron chi connectivity index (χ1n) is 18.9. The quantitative estimate of drug-likeness (QED) is 0.107. The molecule has 7 nitrogen and oxygen atoms in total. The first-order valence-corrected chi connectivity index (χ1v) is 19.2. The molecule has 0 spiro atoms. The molecule has 3 rings (SSSR count). The summed E-state index contributed by atoms with van der Waals surface area (Å²) in [7, 11) is 0. The molecule has 266 valence electrons. The summed E-state index contributed by atoms with van der Waals surface area (Å²) in [5, 5.41) is 10.3. The second-order valence-electron chi connectivity index (χ2n) is 17.1. The summed E-state index contributed by atoms with van der Waals surface area (Å²) in [5.41, 5.74) is -0.180. The van der Waals surface area contributed by atoms with Crippen molar-refractivity contribution < 1.29 is 9.47 Å². The van der Waals surface area contributed by atoms with Crippen LogP contribution in [0.1, 0.15) is 172 Å². The van der Waals surface area contributed by atoms with Crippen molar-refractivity contribution in [1.82, 2.24) is 24.5 Å². The van der Waals surface area contributed by atoms with Crippen molar-refractivity contribution in [2.45, 2.75) is 206 Å². The number of unbranched alkanes of at least 4 members (excludes halogenated alkanes) is 10. The first kappa shape index (κ1) is 39.4. The lowest BCUT2D eigenvalue weighted by atomic mass is 9.79. The first-order chi connectivity index (χ1) is 21.1. The molecule has 3 heterocycles. The number of hydrogen-bond acceptors (Lipinski definition) is 7. The Balaban J connectivity index is 1.61. The highest BCUT2D eigenvalue weighted by atomic mass is 35.5. The van der Waals surface area contributed by atoms with Gasteiger partial charge in [0.05, 0.1) is 32.2 Å². The van der Waals surface area contributed by atoms with Crippen LogP contribution in [0.25, 0.3) is 0 Å². The molecule has 8 heteroatoms. The van der Waals surface area contributed by atoms with Crippen LogP contribution >= 0.6 is 11.8 Å². The summed E-state index contributed by atoms with van der Waals surface area (Å²) < 4.78 is 15.0. The molecule has 0 aromatic heterocycles.